The monoisotopic (exact) mass is 612 g/mol. The molecule has 10 nitrogen and oxygen atoms in total. The zero-order chi connectivity index (χ0) is 32.0. The van der Waals surface area contributed by atoms with E-state index in [2.05, 4.69) is 0 Å². The first-order valence-electron chi connectivity index (χ1n) is 14.0. The number of carbonyl (C=O) groups excluding carboxylic acids is 4. The Labute approximate surface area is 260 Å². The van der Waals surface area contributed by atoms with Crippen LogP contribution in [0.15, 0.2) is 121 Å². The van der Waals surface area contributed by atoms with Gasteiger partial charge in [0, 0.05) is 7.11 Å². The minimum Gasteiger partial charge on any atom is -0.452 e. The highest BCUT2D eigenvalue weighted by Gasteiger charge is 2.45. The molecule has 0 aromatic heterocycles. The summed E-state index contributed by atoms with van der Waals surface area (Å²) in [5, 5.41) is 10.5. The van der Waals surface area contributed by atoms with Crippen LogP contribution in [0.3, 0.4) is 0 Å². The molecule has 0 spiro atoms. The van der Waals surface area contributed by atoms with Crippen molar-refractivity contribution in [2.45, 2.75) is 24.4 Å². The maximum atomic E-state index is 13.4. The third-order valence-electron chi connectivity index (χ3n) is 6.61. The Balaban J connectivity index is 1.77. The SMILES string of the molecule is COC[C@@H](OC(=O)c1ccccc1)[C@@H](OC(=O)c1ccccc1)[C@H](OC(=O)c1ccccc1)[C@@H](CO)OC(=O)c1ccccc1. The minimum absolute atomic E-state index is 0.131. The van der Waals surface area contributed by atoms with Crippen molar-refractivity contribution in [2.24, 2.45) is 0 Å². The summed E-state index contributed by atoms with van der Waals surface area (Å²) in [5.74, 6) is -3.35. The van der Waals surface area contributed by atoms with Crippen LogP contribution in [0.2, 0.25) is 0 Å². The van der Waals surface area contributed by atoms with Crippen molar-refractivity contribution < 1.29 is 48.0 Å². The number of hydrogen-bond acceptors (Lipinski definition) is 10. The topological polar surface area (TPSA) is 135 Å². The van der Waals surface area contributed by atoms with Crippen LogP contribution < -0.4 is 0 Å². The maximum absolute atomic E-state index is 13.4. The van der Waals surface area contributed by atoms with Crippen LogP contribution in [0, 0.1) is 0 Å². The van der Waals surface area contributed by atoms with Gasteiger partial charge >= 0.3 is 23.9 Å². The van der Waals surface area contributed by atoms with Crippen molar-refractivity contribution in [2.75, 3.05) is 20.3 Å². The molecule has 0 fully saturated rings. The fourth-order valence-electron chi connectivity index (χ4n) is 4.37. The first-order valence-corrected chi connectivity index (χ1v) is 14.0. The van der Waals surface area contributed by atoms with E-state index in [0.717, 1.165) is 0 Å². The molecule has 45 heavy (non-hydrogen) atoms. The van der Waals surface area contributed by atoms with Gasteiger partial charge in [-0.3, -0.25) is 0 Å². The Morgan fingerprint density at radius 3 is 1.09 bits per heavy atom. The summed E-state index contributed by atoms with van der Waals surface area (Å²) in [6.45, 7) is -1.17. The van der Waals surface area contributed by atoms with Crippen LogP contribution in [-0.2, 0) is 23.7 Å². The smallest absolute Gasteiger partial charge is 0.338 e. The molecule has 0 unspecified atom stereocenters. The van der Waals surface area contributed by atoms with Gasteiger partial charge < -0.3 is 28.8 Å². The van der Waals surface area contributed by atoms with E-state index < -0.39 is 54.9 Å². The largest absolute Gasteiger partial charge is 0.452 e. The number of ether oxygens (including phenoxy) is 5. The van der Waals surface area contributed by atoms with E-state index in [1.165, 1.54) is 55.6 Å². The molecule has 0 aliphatic rings. The third-order valence-corrected chi connectivity index (χ3v) is 6.61. The van der Waals surface area contributed by atoms with E-state index in [0.29, 0.717) is 0 Å². The number of hydrogen-bond donors (Lipinski definition) is 1. The summed E-state index contributed by atoms with van der Waals surface area (Å²) in [6.07, 6.45) is -6.27. The maximum Gasteiger partial charge on any atom is 0.338 e. The minimum atomic E-state index is -1.67. The molecule has 4 aromatic carbocycles. The van der Waals surface area contributed by atoms with Crippen molar-refractivity contribution in [3.63, 3.8) is 0 Å². The van der Waals surface area contributed by atoms with Gasteiger partial charge in [0.1, 0.15) is 0 Å². The highest BCUT2D eigenvalue weighted by Crippen LogP contribution is 2.24. The molecule has 4 atom stereocenters. The van der Waals surface area contributed by atoms with Gasteiger partial charge in [-0.15, -0.1) is 0 Å². The van der Waals surface area contributed by atoms with E-state index in [-0.39, 0.29) is 28.9 Å². The van der Waals surface area contributed by atoms with Gasteiger partial charge in [0.15, 0.2) is 24.4 Å². The second-order valence-corrected chi connectivity index (χ2v) is 9.73. The van der Waals surface area contributed by atoms with Gasteiger partial charge in [0.05, 0.1) is 35.5 Å². The fraction of sp³-hybridized carbons (Fsp3) is 0.200. The molecule has 0 saturated carbocycles. The van der Waals surface area contributed by atoms with Crippen molar-refractivity contribution in [3.8, 4) is 0 Å². The van der Waals surface area contributed by atoms with Crippen molar-refractivity contribution in [1.29, 1.82) is 0 Å². The summed E-state index contributed by atoms with van der Waals surface area (Å²) in [6, 6.07) is 31.9. The predicted molar refractivity (Wildman–Crippen MR) is 162 cm³/mol. The summed E-state index contributed by atoms with van der Waals surface area (Å²) >= 11 is 0. The number of esters is 4. The first kappa shape index (κ1) is 32.6. The average molecular weight is 613 g/mol. The normalized spacial score (nSPS) is 13.4. The lowest BCUT2D eigenvalue weighted by molar-refractivity contribution is -0.139. The lowest BCUT2D eigenvalue weighted by atomic mass is 10.0. The number of aliphatic hydroxyl groups is 1. The molecule has 1 N–H and O–H groups in total. The second-order valence-electron chi connectivity index (χ2n) is 9.73. The van der Waals surface area contributed by atoms with Gasteiger partial charge in [-0.1, -0.05) is 72.8 Å². The Bertz CT molecular complexity index is 1530. The Kier molecular flexibility index (Phi) is 12.0. The van der Waals surface area contributed by atoms with Crippen molar-refractivity contribution in [1.82, 2.24) is 0 Å². The number of carbonyl (C=O) groups is 4. The van der Waals surface area contributed by atoms with Crippen LogP contribution in [0.25, 0.3) is 0 Å². The summed E-state index contributed by atoms with van der Waals surface area (Å²) in [7, 11) is 1.34. The first-order chi connectivity index (χ1) is 21.9. The molecule has 0 aliphatic heterocycles. The lowest BCUT2D eigenvalue weighted by Crippen LogP contribution is -2.54. The Morgan fingerprint density at radius 2 is 0.778 bits per heavy atom. The van der Waals surface area contributed by atoms with Gasteiger partial charge in [-0.2, -0.15) is 0 Å². The molecular weight excluding hydrogens is 580 g/mol. The summed E-state index contributed by atoms with van der Waals surface area (Å²) in [4.78, 5) is 53.1. The second kappa shape index (κ2) is 16.5. The van der Waals surface area contributed by atoms with E-state index in [4.69, 9.17) is 23.7 Å². The molecular formula is C35H32O10. The van der Waals surface area contributed by atoms with Gasteiger partial charge in [-0.25, -0.2) is 19.2 Å². The zero-order valence-electron chi connectivity index (χ0n) is 24.4. The van der Waals surface area contributed by atoms with Gasteiger partial charge in [-0.05, 0) is 48.5 Å². The molecule has 0 radical (unpaired) electrons. The van der Waals surface area contributed by atoms with Crippen LogP contribution in [0.1, 0.15) is 41.4 Å². The number of methoxy groups -OCH3 is 1. The quantitative estimate of drug-likeness (QED) is 0.160. The number of rotatable bonds is 14. The van der Waals surface area contributed by atoms with E-state index in [1.54, 1.807) is 72.8 Å². The zero-order valence-corrected chi connectivity index (χ0v) is 24.4. The lowest BCUT2D eigenvalue weighted by Gasteiger charge is -2.35. The molecule has 10 heteroatoms. The highest BCUT2D eigenvalue weighted by atomic mass is 16.6. The Morgan fingerprint density at radius 1 is 0.489 bits per heavy atom. The van der Waals surface area contributed by atoms with Crippen LogP contribution in [0.4, 0.5) is 0 Å². The highest BCUT2D eigenvalue weighted by molar-refractivity contribution is 5.91. The fourth-order valence-corrected chi connectivity index (χ4v) is 4.37. The van der Waals surface area contributed by atoms with E-state index >= 15 is 0 Å². The van der Waals surface area contributed by atoms with Crippen LogP contribution in [0.5, 0.6) is 0 Å². The molecule has 0 saturated heterocycles. The summed E-state index contributed by atoms with van der Waals surface area (Å²) < 4.78 is 28.5. The van der Waals surface area contributed by atoms with Crippen molar-refractivity contribution >= 4 is 23.9 Å². The van der Waals surface area contributed by atoms with Crippen molar-refractivity contribution in [3.05, 3.63) is 144 Å². The molecule has 0 heterocycles. The Hall–Kier alpha value is -5.32. The van der Waals surface area contributed by atoms with Gasteiger partial charge in [0.2, 0.25) is 0 Å². The molecule has 232 valence electrons. The molecule has 0 amide bonds. The van der Waals surface area contributed by atoms with Gasteiger partial charge in [0.25, 0.3) is 0 Å². The molecule has 0 bridgehead atoms. The summed E-state index contributed by atoms with van der Waals surface area (Å²) in [5.41, 5.74) is 0.624. The molecule has 4 aromatic rings. The predicted octanol–water partition coefficient (Wildman–Crippen LogP) is 4.53. The molecule has 4 rings (SSSR count). The third kappa shape index (κ3) is 9.09. The van der Waals surface area contributed by atoms with Crippen LogP contribution in [-0.4, -0.2) is 73.7 Å². The average Bonchev–Trinajstić information content (AvgIpc) is 3.09. The van der Waals surface area contributed by atoms with E-state index in [9.17, 15) is 24.3 Å². The number of aliphatic hydroxyl groups excluding tert-OH is 1. The van der Waals surface area contributed by atoms with E-state index in [1.807, 2.05) is 0 Å². The number of benzene rings is 4. The molecule has 0 aliphatic carbocycles. The van der Waals surface area contributed by atoms with Crippen LogP contribution >= 0.6 is 0 Å². The standard InChI is InChI=1S/C35H32O10/c1-41-23-29(43-33(38)25-16-8-3-9-17-25)31(45-35(40)27-20-12-5-13-21-27)30(44-34(39)26-18-10-4-11-19-26)28(22-36)42-32(37)24-14-6-2-7-15-24/h2-21,28-31,36H,22-23H2,1H3/t28-,29-,30-,31-/m1/s1.